The Hall–Kier alpha value is -3.34. The third-order valence-electron chi connectivity index (χ3n) is 4.38. The van der Waals surface area contributed by atoms with Crippen LogP contribution in [0, 0.1) is 10.1 Å². The number of ether oxygens (including phenoxy) is 2. The van der Waals surface area contributed by atoms with E-state index in [4.69, 9.17) is 9.47 Å². The molecule has 0 saturated carbocycles. The summed E-state index contributed by atoms with van der Waals surface area (Å²) in [5.41, 5.74) is 4.10. The summed E-state index contributed by atoms with van der Waals surface area (Å²) in [6, 6.07) is 20.6. The van der Waals surface area contributed by atoms with E-state index >= 15 is 0 Å². The van der Waals surface area contributed by atoms with Crippen LogP contribution in [0.25, 0.3) is 11.1 Å². The summed E-state index contributed by atoms with van der Waals surface area (Å²) in [7, 11) is 1.48. The summed E-state index contributed by atoms with van der Waals surface area (Å²) >= 11 is 0. The molecule has 124 valence electrons. The number of rotatable bonds is 4. The van der Waals surface area contributed by atoms with Crippen molar-refractivity contribution in [1.29, 1.82) is 0 Å². The molecule has 0 fully saturated rings. The number of methoxy groups -OCH3 is 1. The van der Waals surface area contributed by atoms with Crippen LogP contribution in [0.2, 0.25) is 0 Å². The van der Waals surface area contributed by atoms with E-state index in [-0.39, 0.29) is 17.5 Å². The topological polar surface area (TPSA) is 61.6 Å². The highest BCUT2D eigenvalue weighted by Gasteiger charge is 2.31. The molecule has 25 heavy (non-hydrogen) atoms. The molecule has 1 aliphatic rings. The Kier molecular flexibility index (Phi) is 3.61. The summed E-state index contributed by atoms with van der Waals surface area (Å²) < 4.78 is 11.2. The first-order valence-electron chi connectivity index (χ1n) is 7.86. The molecule has 0 unspecified atom stereocenters. The average Bonchev–Trinajstić information content (AvgIpc) is 2.96. The largest absolute Gasteiger partial charge is 0.496 e. The minimum atomic E-state index is -0.454. The standard InChI is InChI=1S/C20H15NO4/c1-24-13-10-11-19(18(12-13)21(22)23)25-20-16-8-4-2-6-14(16)15-7-3-5-9-17(15)20/h2-12,20H,1H3. The van der Waals surface area contributed by atoms with Crippen molar-refractivity contribution in [3.8, 4) is 22.6 Å². The first-order chi connectivity index (χ1) is 12.2. The smallest absolute Gasteiger partial charge is 0.314 e. The van der Waals surface area contributed by atoms with Gasteiger partial charge in [-0.15, -0.1) is 0 Å². The second-order valence-corrected chi connectivity index (χ2v) is 5.76. The summed E-state index contributed by atoms with van der Waals surface area (Å²) in [5, 5.41) is 11.4. The predicted octanol–water partition coefficient (Wildman–Crippen LogP) is 4.75. The van der Waals surface area contributed by atoms with Crippen LogP contribution in [0.3, 0.4) is 0 Å². The van der Waals surface area contributed by atoms with E-state index in [9.17, 15) is 10.1 Å². The molecular weight excluding hydrogens is 318 g/mol. The van der Waals surface area contributed by atoms with Crippen molar-refractivity contribution in [3.63, 3.8) is 0 Å². The van der Waals surface area contributed by atoms with Crippen molar-refractivity contribution < 1.29 is 14.4 Å². The van der Waals surface area contributed by atoms with Gasteiger partial charge in [-0.3, -0.25) is 10.1 Å². The Bertz CT molecular complexity index is 922. The zero-order valence-corrected chi connectivity index (χ0v) is 13.5. The Morgan fingerprint density at radius 3 is 2.08 bits per heavy atom. The first-order valence-corrected chi connectivity index (χ1v) is 7.86. The molecule has 3 aromatic carbocycles. The van der Waals surface area contributed by atoms with Crippen molar-refractivity contribution in [3.05, 3.63) is 88.0 Å². The molecule has 3 aromatic rings. The molecule has 0 heterocycles. The maximum Gasteiger partial charge on any atom is 0.314 e. The fraction of sp³-hybridized carbons (Fsp3) is 0.100. The van der Waals surface area contributed by atoms with Crippen LogP contribution in [-0.4, -0.2) is 12.0 Å². The lowest BCUT2D eigenvalue weighted by molar-refractivity contribution is -0.386. The lowest BCUT2D eigenvalue weighted by atomic mass is 10.1. The fourth-order valence-corrected chi connectivity index (χ4v) is 3.23. The highest BCUT2D eigenvalue weighted by Crippen LogP contribution is 2.46. The molecule has 5 heteroatoms. The monoisotopic (exact) mass is 333 g/mol. The fourth-order valence-electron chi connectivity index (χ4n) is 3.23. The van der Waals surface area contributed by atoms with Gasteiger partial charge in [-0.2, -0.15) is 0 Å². The zero-order valence-electron chi connectivity index (χ0n) is 13.5. The highest BCUT2D eigenvalue weighted by molar-refractivity contribution is 5.78. The van der Waals surface area contributed by atoms with Gasteiger partial charge in [0.05, 0.1) is 18.1 Å². The second kappa shape index (κ2) is 5.94. The number of nitro benzene ring substituents is 1. The molecule has 0 amide bonds. The molecule has 0 aliphatic heterocycles. The van der Waals surface area contributed by atoms with Crippen molar-refractivity contribution in [2.24, 2.45) is 0 Å². The summed E-state index contributed by atoms with van der Waals surface area (Å²) in [5.74, 6) is 0.647. The quantitative estimate of drug-likeness (QED) is 0.510. The molecule has 0 radical (unpaired) electrons. The van der Waals surface area contributed by atoms with E-state index in [1.165, 1.54) is 13.2 Å². The van der Waals surface area contributed by atoms with Crippen LogP contribution < -0.4 is 9.47 Å². The van der Waals surface area contributed by atoms with Crippen LogP contribution in [0.4, 0.5) is 5.69 Å². The summed E-state index contributed by atoms with van der Waals surface area (Å²) in [4.78, 5) is 11.0. The van der Waals surface area contributed by atoms with Crippen molar-refractivity contribution in [2.45, 2.75) is 6.10 Å². The van der Waals surface area contributed by atoms with E-state index in [1.807, 2.05) is 48.5 Å². The van der Waals surface area contributed by atoms with Crippen molar-refractivity contribution in [2.75, 3.05) is 7.11 Å². The van der Waals surface area contributed by atoms with Crippen molar-refractivity contribution >= 4 is 5.69 Å². The molecule has 0 spiro atoms. The predicted molar refractivity (Wildman–Crippen MR) is 94.0 cm³/mol. The molecular formula is C20H15NO4. The zero-order chi connectivity index (χ0) is 17.4. The van der Waals surface area contributed by atoms with Gasteiger partial charge < -0.3 is 9.47 Å². The number of hydrogen-bond acceptors (Lipinski definition) is 4. The Morgan fingerprint density at radius 2 is 1.52 bits per heavy atom. The molecule has 0 saturated heterocycles. The van der Waals surface area contributed by atoms with Gasteiger partial charge in [0.15, 0.2) is 11.9 Å². The summed E-state index contributed by atoms with van der Waals surface area (Å²) in [6.45, 7) is 0. The Morgan fingerprint density at radius 1 is 0.920 bits per heavy atom. The van der Waals surface area contributed by atoms with Crippen molar-refractivity contribution in [1.82, 2.24) is 0 Å². The third-order valence-corrected chi connectivity index (χ3v) is 4.38. The lowest BCUT2D eigenvalue weighted by Crippen LogP contribution is -2.07. The molecule has 0 aromatic heterocycles. The van der Waals surface area contributed by atoms with Crippen LogP contribution in [0.5, 0.6) is 11.5 Å². The molecule has 1 aliphatic carbocycles. The average molecular weight is 333 g/mol. The van der Waals surface area contributed by atoms with E-state index in [0.29, 0.717) is 5.75 Å². The van der Waals surface area contributed by atoms with Crippen LogP contribution >= 0.6 is 0 Å². The summed E-state index contributed by atoms with van der Waals surface area (Å²) in [6.07, 6.45) is -0.375. The first kappa shape index (κ1) is 15.2. The molecule has 0 bridgehead atoms. The minimum absolute atomic E-state index is 0.110. The number of benzene rings is 3. The molecule has 4 rings (SSSR count). The van der Waals surface area contributed by atoms with E-state index < -0.39 is 4.92 Å². The SMILES string of the molecule is COc1ccc(OC2c3ccccc3-c3ccccc32)c([N+](=O)[O-])c1. The number of hydrogen-bond donors (Lipinski definition) is 0. The third kappa shape index (κ3) is 2.50. The Balaban J connectivity index is 1.81. The maximum atomic E-state index is 11.4. The van der Waals surface area contributed by atoms with Gasteiger partial charge in [-0.25, -0.2) is 0 Å². The molecule has 0 N–H and O–H groups in total. The number of nitrogens with zero attached hydrogens (tertiary/aromatic N) is 1. The Labute approximate surface area is 144 Å². The number of fused-ring (bicyclic) bond motifs is 3. The lowest BCUT2D eigenvalue weighted by Gasteiger charge is -2.16. The molecule has 0 atom stereocenters. The second-order valence-electron chi connectivity index (χ2n) is 5.76. The van der Waals surface area contributed by atoms with Gasteiger partial charge in [0.2, 0.25) is 0 Å². The van der Waals surface area contributed by atoms with Crippen LogP contribution in [0.15, 0.2) is 66.7 Å². The van der Waals surface area contributed by atoms with E-state index in [0.717, 1.165) is 22.3 Å². The molecule has 5 nitrogen and oxygen atoms in total. The normalized spacial score (nSPS) is 12.4. The van der Waals surface area contributed by atoms with Gasteiger partial charge in [-0.05, 0) is 23.3 Å². The van der Waals surface area contributed by atoms with Crippen LogP contribution in [0.1, 0.15) is 17.2 Å². The highest BCUT2D eigenvalue weighted by atomic mass is 16.6. The maximum absolute atomic E-state index is 11.4. The number of nitro groups is 1. The van der Waals surface area contributed by atoms with Gasteiger partial charge in [0.1, 0.15) is 5.75 Å². The minimum Gasteiger partial charge on any atom is -0.496 e. The van der Waals surface area contributed by atoms with Gasteiger partial charge in [0.25, 0.3) is 0 Å². The van der Waals surface area contributed by atoms with E-state index in [1.54, 1.807) is 12.1 Å². The van der Waals surface area contributed by atoms with Gasteiger partial charge >= 0.3 is 5.69 Å². The van der Waals surface area contributed by atoms with Gasteiger partial charge in [0, 0.05) is 11.1 Å². The van der Waals surface area contributed by atoms with E-state index in [2.05, 4.69) is 0 Å². The van der Waals surface area contributed by atoms with Crippen LogP contribution in [-0.2, 0) is 0 Å². The van der Waals surface area contributed by atoms with Gasteiger partial charge in [-0.1, -0.05) is 48.5 Å².